The summed E-state index contributed by atoms with van der Waals surface area (Å²) < 4.78 is 5.01. The van der Waals surface area contributed by atoms with Crippen molar-refractivity contribution in [1.29, 1.82) is 0 Å². The van der Waals surface area contributed by atoms with Gasteiger partial charge in [-0.25, -0.2) is 0 Å². The molecule has 0 aliphatic carbocycles. The fourth-order valence-electron chi connectivity index (χ4n) is 1.18. The topological polar surface area (TPSA) is 92.5 Å². The average Bonchev–Trinajstić information content (AvgIpc) is 2.26. The maximum Gasteiger partial charge on any atom is 0.312 e. The van der Waals surface area contributed by atoms with Crippen molar-refractivity contribution in [2.45, 2.75) is 19.4 Å². The third-order valence-electron chi connectivity index (χ3n) is 2.02. The minimum atomic E-state index is -1.42. The van der Waals surface area contributed by atoms with Crippen LogP contribution in [0.15, 0.2) is 18.2 Å². The van der Waals surface area contributed by atoms with E-state index in [0.29, 0.717) is 0 Å². The van der Waals surface area contributed by atoms with Crippen LogP contribution in [0.2, 0.25) is 5.02 Å². The molecule has 0 aliphatic rings. The molecule has 17 heavy (non-hydrogen) atoms. The van der Waals surface area contributed by atoms with Crippen LogP contribution in [-0.4, -0.2) is 17.0 Å². The smallest absolute Gasteiger partial charge is 0.312 e. The number of nitro groups is 1. The quantitative estimate of drug-likeness (QED) is 0.583. The molecule has 6 nitrogen and oxygen atoms in total. The van der Waals surface area contributed by atoms with Crippen LogP contribution in [0.5, 0.6) is 5.75 Å². The van der Waals surface area contributed by atoms with Crippen molar-refractivity contribution in [3.8, 4) is 5.75 Å². The van der Waals surface area contributed by atoms with Crippen molar-refractivity contribution in [2.24, 2.45) is 0 Å². The molecule has 7 heteroatoms. The summed E-state index contributed by atoms with van der Waals surface area (Å²) in [5.41, 5.74) is -0.378. The normalized spacial score (nSPS) is 11.9. The van der Waals surface area contributed by atoms with Crippen molar-refractivity contribution >= 4 is 23.3 Å². The van der Waals surface area contributed by atoms with Gasteiger partial charge in [0.1, 0.15) is 6.10 Å². The van der Waals surface area contributed by atoms with E-state index >= 15 is 0 Å². The fourth-order valence-corrected chi connectivity index (χ4v) is 1.35. The maximum absolute atomic E-state index is 10.7. The van der Waals surface area contributed by atoms with Crippen LogP contribution >= 0.6 is 11.6 Å². The molecule has 1 unspecified atom stereocenters. The van der Waals surface area contributed by atoms with Gasteiger partial charge in [-0.15, -0.1) is 0 Å². The van der Waals surface area contributed by atoms with E-state index in [1.165, 1.54) is 12.1 Å². The zero-order chi connectivity index (χ0) is 13.0. The highest BCUT2D eigenvalue weighted by molar-refractivity contribution is 6.30. The van der Waals surface area contributed by atoms with E-state index in [1.54, 1.807) is 6.92 Å². The second-order valence-electron chi connectivity index (χ2n) is 3.20. The van der Waals surface area contributed by atoms with Crippen LogP contribution < -0.4 is 9.84 Å². The van der Waals surface area contributed by atoms with Crippen LogP contribution in [-0.2, 0) is 4.79 Å². The monoisotopic (exact) mass is 258 g/mol. The summed E-state index contributed by atoms with van der Waals surface area (Å²) in [5.74, 6) is -1.56. The number of nitrogens with zero attached hydrogens (tertiary/aromatic N) is 1. The lowest BCUT2D eigenvalue weighted by atomic mass is 10.2. The fraction of sp³-hybridized carbons (Fsp3) is 0.300. The highest BCUT2D eigenvalue weighted by Crippen LogP contribution is 2.30. The zero-order valence-corrected chi connectivity index (χ0v) is 9.64. The van der Waals surface area contributed by atoms with Gasteiger partial charge in [-0.05, 0) is 18.6 Å². The highest BCUT2D eigenvalue weighted by atomic mass is 35.5. The number of aliphatic carboxylic acids is 1. The van der Waals surface area contributed by atoms with E-state index in [2.05, 4.69) is 0 Å². The Morgan fingerprint density at radius 2 is 2.24 bits per heavy atom. The molecule has 0 saturated heterocycles. The number of carboxylic acids is 1. The first-order valence-electron chi connectivity index (χ1n) is 4.77. The molecule has 1 aromatic carbocycles. The molecule has 0 radical (unpaired) electrons. The van der Waals surface area contributed by atoms with Crippen LogP contribution in [0.1, 0.15) is 13.3 Å². The van der Waals surface area contributed by atoms with Crippen molar-refractivity contribution < 1.29 is 19.6 Å². The van der Waals surface area contributed by atoms with Crippen LogP contribution in [0.4, 0.5) is 5.69 Å². The molecule has 92 valence electrons. The van der Waals surface area contributed by atoms with Gasteiger partial charge in [-0.2, -0.15) is 0 Å². The third-order valence-corrected chi connectivity index (χ3v) is 2.26. The molecule has 0 fully saturated rings. The second-order valence-corrected chi connectivity index (χ2v) is 3.64. The van der Waals surface area contributed by atoms with E-state index in [9.17, 15) is 20.0 Å². The minimum Gasteiger partial charge on any atom is -0.546 e. The van der Waals surface area contributed by atoms with Gasteiger partial charge in [0.15, 0.2) is 5.75 Å². The number of rotatable bonds is 5. The molecule has 0 amide bonds. The summed E-state index contributed by atoms with van der Waals surface area (Å²) in [5, 5.41) is 21.5. The number of hydrogen-bond acceptors (Lipinski definition) is 5. The van der Waals surface area contributed by atoms with Gasteiger partial charge in [0.05, 0.1) is 10.9 Å². The number of halogens is 1. The highest BCUT2D eigenvalue weighted by Gasteiger charge is 2.19. The first-order chi connectivity index (χ1) is 7.95. The molecule has 0 heterocycles. The van der Waals surface area contributed by atoms with E-state index < -0.39 is 17.0 Å². The molecule has 0 saturated carbocycles. The van der Waals surface area contributed by atoms with Crippen molar-refractivity contribution in [1.82, 2.24) is 0 Å². The number of carbonyl (C=O) groups excluding carboxylic acids is 1. The molecule has 0 bridgehead atoms. The molecule has 1 atom stereocenters. The summed E-state index contributed by atoms with van der Waals surface area (Å²) in [4.78, 5) is 20.7. The van der Waals surface area contributed by atoms with Gasteiger partial charge in [-0.1, -0.05) is 18.5 Å². The largest absolute Gasteiger partial charge is 0.546 e. The Balaban J connectivity index is 3.05. The Bertz CT molecular complexity index is 448. The van der Waals surface area contributed by atoms with E-state index in [0.717, 1.165) is 6.07 Å². The van der Waals surface area contributed by atoms with Gasteiger partial charge in [0.25, 0.3) is 0 Å². The van der Waals surface area contributed by atoms with Crippen molar-refractivity contribution in [2.75, 3.05) is 0 Å². The Morgan fingerprint density at radius 3 is 2.71 bits per heavy atom. The molecular formula is C10H9ClNO5-. The van der Waals surface area contributed by atoms with Gasteiger partial charge in [0.2, 0.25) is 0 Å². The summed E-state index contributed by atoms with van der Waals surface area (Å²) in [6, 6.07) is 3.73. The molecule has 0 spiro atoms. The Labute approximate surface area is 102 Å². The number of carboxylic acid groups (broad SMARTS) is 1. The lowest BCUT2D eigenvalue weighted by molar-refractivity contribution is -0.386. The van der Waals surface area contributed by atoms with Gasteiger partial charge in [-0.3, -0.25) is 10.1 Å². The number of benzene rings is 1. The predicted molar refractivity (Wildman–Crippen MR) is 57.8 cm³/mol. The zero-order valence-electron chi connectivity index (χ0n) is 8.88. The lowest BCUT2D eigenvalue weighted by Gasteiger charge is -2.18. The van der Waals surface area contributed by atoms with Crippen LogP contribution in [0.25, 0.3) is 0 Å². The minimum absolute atomic E-state index is 0.141. The summed E-state index contributed by atoms with van der Waals surface area (Å²) in [6.45, 7) is 1.57. The van der Waals surface area contributed by atoms with Gasteiger partial charge < -0.3 is 14.6 Å². The number of hydrogen-bond donors (Lipinski definition) is 0. The van der Waals surface area contributed by atoms with Crippen molar-refractivity contribution in [3.63, 3.8) is 0 Å². The standard InChI is InChI=1S/C10H10ClNO5/c1-2-8(10(13)14)17-9-4-3-6(11)5-7(9)12(15)16/h3-5,8H,2H2,1H3,(H,13,14)/p-1. The Morgan fingerprint density at radius 1 is 1.59 bits per heavy atom. The van der Waals surface area contributed by atoms with Crippen molar-refractivity contribution in [3.05, 3.63) is 33.3 Å². The Hall–Kier alpha value is -1.82. The maximum atomic E-state index is 10.7. The van der Waals surface area contributed by atoms with E-state index in [4.69, 9.17) is 16.3 Å². The average molecular weight is 259 g/mol. The van der Waals surface area contributed by atoms with Crippen LogP contribution in [0, 0.1) is 10.1 Å². The summed E-state index contributed by atoms with van der Waals surface area (Å²) in [7, 11) is 0. The molecule has 0 N–H and O–H groups in total. The molecule has 0 aromatic heterocycles. The van der Waals surface area contributed by atoms with E-state index in [1.807, 2.05) is 0 Å². The molecule has 0 aliphatic heterocycles. The lowest BCUT2D eigenvalue weighted by Crippen LogP contribution is -2.39. The van der Waals surface area contributed by atoms with Gasteiger partial charge >= 0.3 is 5.69 Å². The molecule has 1 rings (SSSR count). The number of carbonyl (C=O) groups is 1. The van der Waals surface area contributed by atoms with Gasteiger partial charge in [0, 0.05) is 11.1 Å². The summed E-state index contributed by atoms with van der Waals surface area (Å²) >= 11 is 5.61. The Kier molecular flexibility index (Phi) is 4.28. The molecular weight excluding hydrogens is 250 g/mol. The SMILES string of the molecule is CCC(Oc1ccc(Cl)cc1[N+](=O)[O-])C(=O)[O-]. The predicted octanol–water partition coefficient (Wildman–Crippen LogP) is 1.16. The molecule has 1 aromatic rings. The van der Waals surface area contributed by atoms with Crippen LogP contribution in [0.3, 0.4) is 0 Å². The first-order valence-corrected chi connectivity index (χ1v) is 5.15. The number of ether oxygens (including phenoxy) is 1. The third kappa shape index (κ3) is 3.32. The second kappa shape index (κ2) is 5.49. The summed E-state index contributed by atoms with van der Waals surface area (Å²) in [6.07, 6.45) is -1.09. The number of nitro benzene ring substituents is 1. The first kappa shape index (κ1) is 13.2. The van der Waals surface area contributed by atoms with E-state index in [-0.39, 0.29) is 22.9 Å².